The Labute approximate surface area is 158 Å². The predicted octanol–water partition coefficient (Wildman–Crippen LogP) is 4.51. The predicted molar refractivity (Wildman–Crippen MR) is 104 cm³/mol. The molecule has 0 saturated carbocycles. The highest BCUT2D eigenvalue weighted by atomic mass is 32.1. The van der Waals surface area contributed by atoms with E-state index >= 15 is 0 Å². The van der Waals surface area contributed by atoms with E-state index in [2.05, 4.69) is 15.3 Å². The quantitative estimate of drug-likeness (QED) is 0.553. The van der Waals surface area contributed by atoms with E-state index < -0.39 is 11.4 Å². The van der Waals surface area contributed by atoms with Crippen LogP contribution in [0.3, 0.4) is 0 Å². The number of pyridine rings is 1. The number of anilines is 2. The third kappa shape index (κ3) is 4.09. The number of benzene rings is 2. The summed E-state index contributed by atoms with van der Waals surface area (Å²) < 4.78 is 19.0. The highest BCUT2D eigenvalue weighted by Crippen LogP contribution is 2.24. The zero-order chi connectivity index (χ0) is 18.6. The summed E-state index contributed by atoms with van der Waals surface area (Å²) in [5.41, 5.74) is 1.33. The summed E-state index contributed by atoms with van der Waals surface area (Å²) in [5.74, 6) is 0.182. The lowest BCUT2D eigenvalue weighted by atomic mass is 10.2. The van der Waals surface area contributed by atoms with Gasteiger partial charge in [0.1, 0.15) is 23.0 Å². The van der Waals surface area contributed by atoms with Crippen LogP contribution in [0.5, 0.6) is 5.75 Å². The smallest absolute Gasteiger partial charge is 0.282 e. The van der Waals surface area contributed by atoms with Crippen molar-refractivity contribution in [2.24, 2.45) is 0 Å². The van der Waals surface area contributed by atoms with Gasteiger partial charge in [-0.3, -0.25) is 4.79 Å². The van der Waals surface area contributed by atoms with Gasteiger partial charge in [0.05, 0.1) is 11.6 Å². The van der Waals surface area contributed by atoms with Gasteiger partial charge in [-0.1, -0.05) is 41.7 Å². The molecular formula is C20H14FN3O2S. The van der Waals surface area contributed by atoms with Gasteiger partial charge in [0.25, 0.3) is 5.56 Å². The second kappa shape index (κ2) is 7.51. The molecule has 4 rings (SSSR count). The van der Waals surface area contributed by atoms with Gasteiger partial charge in [-0.05, 0) is 35.9 Å². The summed E-state index contributed by atoms with van der Waals surface area (Å²) in [6, 6.07) is 18.4. The Bertz CT molecular complexity index is 1130. The molecule has 27 heavy (non-hydrogen) atoms. The van der Waals surface area contributed by atoms with E-state index in [0.29, 0.717) is 16.6 Å². The lowest BCUT2D eigenvalue weighted by Gasteiger charge is -2.08. The Morgan fingerprint density at radius 1 is 1.07 bits per heavy atom. The molecule has 0 aliphatic carbocycles. The number of fused-ring (bicyclic) bond motifs is 1. The minimum Gasteiger partial charge on any atom is -0.489 e. The molecule has 4 aromatic rings. The van der Waals surface area contributed by atoms with Crippen LogP contribution in [0.2, 0.25) is 0 Å². The van der Waals surface area contributed by atoms with Crippen LogP contribution in [0.1, 0.15) is 5.56 Å². The Balaban J connectivity index is 1.47. The molecule has 0 atom stereocenters. The van der Waals surface area contributed by atoms with E-state index in [0.717, 1.165) is 29.3 Å². The van der Waals surface area contributed by atoms with Gasteiger partial charge >= 0.3 is 0 Å². The number of nitrogens with one attached hydrogen (secondary N) is 1. The molecule has 2 aromatic carbocycles. The minimum atomic E-state index is -0.555. The zero-order valence-electron chi connectivity index (χ0n) is 14.1. The summed E-state index contributed by atoms with van der Waals surface area (Å²) in [4.78, 5) is 20.4. The van der Waals surface area contributed by atoms with Crippen molar-refractivity contribution in [2.45, 2.75) is 6.61 Å². The first-order valence-electron chi connectivity index (χ1n) is 8.17. The summed E-state index contributed by atoms with van der Waals surface area (Å²) in [7, 11) is 0. The van der Waals surface area contributed by atoms with Crippen LogP contribution in [0.4, 0.5) is 15.2 Å². The number of hydrogen-bond donors (Lipinski definition) is 1. The molecular weight excluding hydrogens is 365 g/mol. The summed E-state index contributed by atoms with van der Waals surface area (Å²) in [5, 5.41) is 3.64. The first-order valence-corrected chi connectivity index (χ1v) is 8.99. The van der Waals surface area contributed by atoms with Gasteiger partial charge in [0.15, 0.2) is 5.13 Å². The molecule has 0 spiro atoms. The van der Waals surface area contributed by atoms with Crippen LogP contribution in [-0.2, 0) is 6.61 Å². The lowest BCUT2D eigenvalue weighted by molar-refractivity contribution is 0.306. The molecule has 1 N–H and O–H groups in total. The van der Waals surface area contributed by atoms with Crippen molar-refractivity contribution < 1.29 is 9.13 Å². The number of hydrogen-bond acceptors (Lipinski definition) is 6. The summed E-state index contributed by atoms with van der Waals surface area (Å²) >= 11 is 1.19. The van der Waals surface area contributed by atoms with Crippen molar-refractivity contribution in [2.75, 3.05) is 5.32 Å². The van der Waals surface area contributed by atoms with Crippen molar-refractivity contribution in [1.82, 2.24) is 9.97 Å². The molecule has 0 aliphatic heterocycles. The van der Waals surface area contributed by atoms with Crippen molar-refractivity contribution in [3.05, 3.63) is 88.6 Å². The third-order valence-corrected chi connectivity index (χ3v) is 4.70. The second-order valence-electron chi connectivity index (χ2n) is 5.75. The fourth-order valence-corrected chi connectivity index (χ4v) is 3.32. The van der Waals surface area contributed by atoms with Crippen LogP contribution >= 0.6 is 11.3 Å². The van der Waals surface area contributed by atoms with Crippen LogP contribution in [0, 0.1) is 5.82 Å². The van der Waals surface area contributed by atoms with Gasteiger partial charge < -0.3 is 10.1 Å². The topological polar surface area (TPSA) is 64.1 Å². The van der Waals surface area contributed by atoms with E-state index in [1.807, 2.05) is 54.6 Å². The third-order valence-electron chi connectivity index (χ3n) is 3.80. The molecule has 0 radical (unpaired) electrons. The summed E-state index contributed by atoms with van der Waals surface area (Å²) in [6.07, 6.45) is 1.08. The van der Waals surface area contributed by atoms with E-state index in [1.54, 1.807) is 0 Å². The average Bonchev–Trinajstić information content (AvgIpc) is 2.69. The normalized spacial score (nSPS) is 10.7. The van der Waals surface area contributed by atoms with Crippen molar-refractivity contribution in [1.29, 1.82) is 0 Å². The van der Waals surface area contributed by atoms with Gasteiger partial charge in [0.2, 0.25) is 0 Å². The second-order valence-corrected chi connectivity index (χ2v) is 6.73. The van der Waals surface area contributed by atoms with Crippen LogP contribution in [0.15, 0.2) is 71.7 Å². The number of halogens is 1. The van der Waals surface area contributed by atoms with Crippen molar-refractivity contribution in [3.8, 4) is 5.75 Å². The molecule has 0 unspecified atom stereocenters. The molecule has 0 amide bonds. The number of ether oxygens (including phenoxy) is 1. The van der Waals surface area contributed by atoms with Crippen LogP contribution in [0.25, 0.3) is 10.2 Å². The van der Waals surface area contributed by atoms with Gasteiger partial charge in [0, 0.05) is 5.69 Å². The van der Waals surface area contributed by atoms with Crippen LogP contribution < -0.4 is 15.6 Å². The van der Waals surface area contributed by atoms with Crippen molar-refractivity contribution in [3.63, 3.8) is 0 Å². The monoisotopic (exact) mass is 379 g/mol. The Kier molecular flexibility index (Phi) is 4.76. The fourth-order valence-electron chi connectivity index (χ4n) is 2.48. The molecule has 134 valence electrons. The molecule has 0 bridgehead atoms. The zero-order valence-corrected chi connectivity index (χ0v) is 14.9. The minimum absolute atomic E-state index is 0.176. The maximum atomic E-state index is 13.2. The Morgan fingerprint density at radius 2 is 1.85 bits per heavy atom. The maximum Gasteiger partial charge on any atom is 0.282 e. The number of nitrogens with zero attached hydrogens (tertiary/aromatic N) is 2. The first kappa shape index (κ1) is 17.1. The highest BCUT2D eigenvalue weighted by molar-refractivity contribution is 7.21. The Morgan fingerprint density at radius 3 is 2.63 bits per heavy atom. The van der Waals surface area contributed by atoms with E-state index in [1.165, 1.54) is 11.3 Å². The number of rotatable bonds is 5. The highest BCUT2D eigenvalue weighted by Gasteiger charge is 2.07. The van der Waals surface area contributed by atoms with Gasteiger partial charge in [-0.25, -0.2) is 9.37 Å². The molecule has 0 fully saturated rings. The average molecular weight is 379 g/mol. The SMILES string of the molecule is O=c1nc(Nc2ccc(OCc3ccccc3)cc2)sc2ncc(F)cc12. The molecule has 2 aromatic heterocycles. The molecule has 2 heterocycles. The molecule has 0 aliphatic rings. The van der Waals surface area contributed by atoms with Crippen molar-refractivity contribution >= 4 is 32.4 Å². The van der Waals surface area contributed by atoms with Gasteiger partial charge in [-0.15, -0.1) is 0 Å². The lowest BCUT2D eigenvalue weighted by Crippen LogP contribution is -2.08. The molecule has 7 heteroatoms. The Hall–Kier alpha value is -3.32. The van der Waals surface area contributed by atoms with Gasteiger partial charge in [-0.2, -0.15) is 4.98 Å². The standard InChI is InChI=1S/C20H14FN3O2S/c21-14-10-17-18(25)24-20(27-19(17)22-11-14)23-15-6-8-16(9-7-15)26-12-13-4-2-1-3-5-13/h1-11H,12H2,(H,23,24,25). The fraction of sp³-hybridized carbons (Fsp3) is 0.0500. The van der Waals surface area contributed by atoms with E-state index in [-0.39, 0.29) is 5.39 Å². The molecule has 0 saturated heterocycles. The summed E-state index contributed by atoms with van der Waals surface area (Å²) in [6.45, 7) is 0.490. The number of aromatic nitrogens is 2. The molecule has 5 nitrogen and oxygen atoms in total. The van der Waals surface area contributed by atoms with Crippen LogP contribution in [-0.4, -0.2) is 9.97 Å². The first-order chi connectivity index (χ1) is 13.2. The maximum absolute atomic E-state index is 13.2. The van der Waals surface area contributed by atoms with E-state index in [9.17, 15) is 9.18 Å². The largest absolute Gasteiger partial charge is 0.489 e. The van der Waals surface area contributed by atoms with E-state index in [4.69, 9.17) is 4.74 Å².